The van der Waals surface area contributed by atoms with Gasteiger partial charge in [0.2, 0.25) is 5.91 Å². The molecule has 2 aromatic rings. The highest BCUT2D eigenvalue weighted by Gasteiger charge is 2.73. The number of rotatable bonds is 6. The largest absolute Gasteiger partial charge is 0.493 e. The third-order valence-electron chi connectivity index (χ3n) is 10.00. The zero-order valence-corrected chi connectivity index (χ0v) is 21.7. The van der Waals surface area contributed by atoms with Crippen molar-refractivity contribution >= 4 is 12.0 Å². The number of likely N-dealkylation sites (tertiary alicyclic amines) is 1. The van der Waals surface area contributed by atoms with Crippen molar-refractivity contribution < 1.29 is 19.4 Å². The molecule has 1 amide bonds. The molecule has 37 heavy (non-hydrogen) atoms. The first-order valence-electron chi connectivity index (χ1n) is 13.8. The standard InChI is InChI=1S/C31H36N2O4/c1-32(26(34)13-10-20-6-4-3-5-7-20)23-14-15-31(35)25-18-22-11-12-24(36-2)28-27(22)30(31,29(23)37-28)16-17-33(25)19-21-8-9-21/h3-7,10-13,21,23,25,29,35H,8-9,14-19H2,1-2H3/t23-,25-,29+,30+,31-/m1/s1. The predicted molar refractivity (Wildman–Crippen MR) is 142 cm³/mol. The van der Waals surface area contributed by atoms with E-state index in [9.17, 15) is 9.90 Å². The van der Waals surface area contributed by atoms with Crippen molar-refractivity contribution in [3.05, 3.63) is 65.2 Å². The summed E-state index contributed by atoms with van der Waals surface area (Å²) in [5, 5.41) is 12.7. The molecule has 5 aliphatic rings. The van der Waals surface area contributed by atoms with Crippen LogP contribution < -0.4 is 9.47 Å². The molecule has 1 spiro atoms. The Morgan fingerprint density at radius 3 is 2.76 bits per heavy atom. The van der Waals surface area contributed by atoms with E-state index in [1.165, 1.54) is 18.4 Å². The second-order valence-corrected chi connectivity index (χ2v) is 11.8. The van der Waals surface area contributed by atoms with Crippen LogP contribution in [0.1, 0.15) is 48.8 Å². The lowest BCUT2D eigenvalue weighted by atomic mass is 9.48. The number of likely N-dealkylation sites (N-methyl/N-ethyl adjacent to an activating group) is 1. The van der Waals surface area contributed by atoms with Crippen LogP contribution in [-0.4, -0.2) is 71.8 Å². The summed E-state index contributed by atoms with van der Waals surface area (Å²) in [6.07, 6.45) is 8.89. The molecule has 3 aliphatic carbocycles. The highest BCUT2D eigenvalue weighted by molar-refractivity contribution is 5.92. The molecule has 0 unspecified atom stereocenters. The molecule has 2 saturated carbocycles. The summed E-state index contributed by atoms with van der Waals surface area (Å²) in [6, 6.07) is 14.0. The molecule has 2 aliphatic heterocycles. The van der Waals surface area contributed by atoms with Gasteiger partial charge in [-0.3, -0.25) is 9.69 Å². The van der Waals surface area contributed by atoms with Gasteiger partial charge in [-0.05, 0) is 74.3 Å². The van der Waals surface area contributed by atoms with Gasteiger partial charge in [-0.2, -0.15) is 0 Å². The number of carbonyl (C=O) groups excluding carboxylic acids is 1. The van der Waals surface area contributed by atoms with Crippen LogP contribution in [0.15, 0.2) is 48.5 Å². The molecule has 6 nitrogen and oxygen atoms in total. The molecule has 5 atom stereocenters. The van der Waals surface area contributed by atoms with E-state index in [4.69, 9.17) is 9.47 Å². The summed E-state index contributed by atoms with van der Waals surface area (Å²) in [7, 11) is 3.56. The first-order chi connectivity index (χ1) is 18.0. The maximum atomic E-state index is 13.4. The Morgan fingerprint density at radius 2 is 2.00 bits per heavy atom. The number of hydrogen-bond donors (Lipinski definition) is 1. The van der Waals surface area contributed by atoms with E-state index in [1.54, 1.807) is 13.2 Å². The molecule has 3 fully saturated rings. The Labute approximate surface area is 218 Å². The minimum absolute atomic E-state index is 0.0408. The number of nitrogens with zero attached hydrogens (tertiary/aromatic N) is 2. The summed E-state index contributed by atoms with van der Waals surface area (Å²) < 4.78 is 12.6. The van der Waals surface area contributed by atoms with Crippen molar-refractivity contribution in [2.75, 3.05) is 27.2 Å². The topological polar surface area (TPSA) is 62.2 Å². The Hall–Kier alpha value is -2.83. The third-order valence-corrected chi connectivity index (χ3v) is 10.00. The van der Waals surface area contributed by atoms with Crippen LogP contribution in [0.5, 0.6) is 11.5 Å². The molecule has 0 radical (unpaired) electrons. The molecule has 7 rings (SSSR count). The SMILES string of the molecule is COc1ccc2c3c1O[C@H]1[C@H](N(C)C(=O)C=Cc4ccccc4)CC[C@@]4(O)[C@@H](C2)N(CC2CC2)CC[C@]314. The zero-order chi connectivity index (χ0) is 25.4. The minimum Gasteiger partial charge on any atom is -0.493 e. The quantitative estimate of drug-likeness (QED) is 0.612. The average Bonchev–Trinajstić information content (AvgIpc) is 3.66. The first kappa shape index (κ1) is 23.3. The number of amides is 1. The van der Waals surface area contributed by atoms with Crippen LogP contribution in [0, 0.1) is 5.92 Å². The predicted octanol–water partition coefficient (Wildman–Crippen LogP) is 3.80. The fraction of sp³-hybridized carbons (Fsp3) is 0.516. The molecule has 1 N–H and O–H groups in total. The number of aliphatic hydroxyl groups is 1. The second kappa shape index (κ2) is 8.34. The Bertz CT molecular complexity index is 1260. The number of ether oxygens (including phenoxy) is 2. The third kappa shape index (κ3) is 3.28. The second-order valence-electron chi connectivity index (χ2n) is 11.8. The Kier molecular flexibility index (Phi) is 5.25. The van der Waals surface area contributed by atoms with Gasteiger partial charge in [-0.25, -0.2) is 0 Å². The maximum Gasteiger partial charge on any atom is 0.246 e. The highest BCUT2D eigenvalue weighted by Crippen LogP contribution is 2.66. The molecule has 2 aromatic carbocycles. The van der Waals surface area contributed by atoms with Crippen LogP contribution >= 0.6 is 0 Å². The lowest BCUT2D eigenvalue weighted by Gasteiger charge is -2.64. The van der Waals surface area contributed by atoms with Crippen LogP contribution in [0.4, 0.5) is 0 Å². The van der Waals surface area contributed by atoms with E-state index in [2.05, 4.69) is 11.0 Å². The first-order valence-corrected chi connectivity index (χ1v) is 13.8. The lowest BCUT2D eigenvalue weighted by Crippen LogP contribution is -2.78. The van der Waals surface area contributed by atoms with E-state index in [0.717, 1.165) is 54.5 Å². The van der Waals surface area contributed by atoms with E-state index in [0.29, 0.717) is 12.8 Å². The summed E-state index contributed by atoms with van der Waals surface area (Å²) in [5.41, 5.74) is 2.00. The molecule has 0 aromatic heterocycles. The normalized spacial score (nSPS) is 33.6. The molecule has 6 heteroatoms. The average molecular weight is 501 g/mol. The molecule has 2 bridgehead atoms. The van der Waals surface area contributed by atoms with Gasteiger partial charge in [0, 0.05) is 31.3 Å². The van der Waals surface area contributed by atoms with Gasteiger partial charge in [-0.1, -0.05) is 36.4 Å². The van der Waals surface area contributed by atoms with Crippen LogP contribution in [-0.2, 0) is 16.6 Å². The van der Waals surface area contributed by atoms with Crippen LogP contribution in [0.25, 0.3) is 6.08 Å². The summed E-state index contributed by atoms with van der Waals surface area (Å²) in [5.74, 6) is 2.24. The van der Waals surface area contributed by atoms with Gasteiger partial charge in [0.25, 0.3) is 0 Å². The molecule has 2 heterocycles. The van der Waals surface area contributed by atoms with Gasteiger partial charge < -0.3 is 19.5 Å². The van der Waals surface area contributed by atoms with Crippen LogP contribution in [0.3, 0.4) is 0 Å². The van der Waals surface area contributed by atoms with Gasteiger partial charge in [-0.15, -0.1) is 0 Å². The molecule has 194 valence electrons. The molecular formula is C31H36N2O4. The van der Waals surface area contributed by atoms with Crippen molar-refractivity contribution in [1.29, 1.82) is 0 Å². The summed E-state index contributed by atoms with van der Waals surface area (Å²) >= 11 is 0. The smallest absolute Gasteiger partial charge is 0.246 e. The number of methoxy groups -OCH3 is 1. The van der Waals surface area contributed by atoms with Gasteiger partial charge in [0.05, 0.1) is 24.2 Å². The van der Waals surface area contributed by atoms with Gasteiger partial charge in [0.15, 0.2) is 11.5 Å². The minimum atomic E-state index is -0.879. The van der Waals surface area contributed by atoms with Crippen molar-refractivity contribution in [3.8, 4) is 11.5 Å². The maximum absolute atomic E-state index is 13.4. The number of carbonyl (C=O) groups is 1. The number of piperidine rings is 1. The number of benzene rings is 2. The fourth-order valence-electron chi connectivity index (χ4n) is 8.01. The van der Waals surface area contributed by atoms with Gasteiger partial charge >= 0.3 is 0 Å². The van der Waals surface area contributed by atoms with E-state index in [-0.39, 0.29) is 24.1 Å². The van der Waals surface area contributed by atoms with Crippen molar-refractivity contribution in [2.24, 2.45) is 5.92 Å². The van der Waals surface area contributed by atoms with Crippen molar-refractivity contribution in [2.45, 2.75) is 67.7 Å². The fourth-order valence-corrected chi connectivity index (χ4v) is 8.01. The molecule has 1 saturated heterocycles. The Morgan fingerprint density at radius 1 is 1.19 bits per heavy atom. The van der Waals surface area contributed by atoms with Crippen molar-refractivity contribution in [1.82, 2.24) is 9.80 Å². The van der Waals surface area contributed by atoms with Gasteiger partial charge in [0.1, 0.15) is 6.10 Å². The summed E-state index contributed by atoms with van der Waals surface area (Å²) in [4.78, 5) is 17.8. The van der Waals surface area contributed by atoms with E-state index >= 15 is 0 Å². The Balaban J connectivity index is 1.27. The van der Waals surface area contributed by atoms with Crippen LogP contribution in [0.2, 0.25) is 0 Å². The monoisotopic (exact) mass is 500 g/mol. The number of hydrogen-bond acceptors (Lipinski definition) is 5. The lowest BCUT2D eigenvalue weighted by molar-refractivity contribution is -0.200. The highest BCUT2D eigenvalue weighted by atomic mass is 16.5. The van der Waals surface area contributed by atoms with Crippen molar-refractivity contribution in [3.63, 3.8) is 0 Å². The van der Waals surface area contributed by atoms with E-state index in [1.807, 2.05) is 54.4 Å². The molecular weight excluding hydrogens is 464 g/mol. The van der Waals surface area contributed by atoms with E-state index < -0.39 is 11.0 Å². The summed E-state index contributed by atoms with van der Waals surface area (Å²) in [6.45, 7) is 2.04. The zero-order valence-electron chi connectivity index (χ0n) is 21.7.